The van der Waals surface area contributed by atoms with Crippen LogP contribution in [0.3, 0.4) is 0 Å². The molecule has 2 aromatic carbocycles. The van der Waals surface area contributed by atoms with E-state index >= 15 is 0 Å². The zero-order valence-electron chi connectivity index (χ0n) is 13.5. The van der Waals surface area contributed by atoms with Crippen LogP contribution in [-0.2, 0) is 0 Å². The van der Waals surface area contributed by atoms with E-state index in [2.05, 4.69) is 0 Å². The third kappa shape index (κ3) is 3.82. The molecule has 0 saturated carbocycles. The molecule has 0 saturated heterocycles. The molecule has 118 valence electrons. The van der Waals surface area contributed by atoms with Crippen LogP contribution in [0.1, 0.15) is 11.1 Å². The molecule has 0 radical (unpaired) electrons. The van der Waals surface area contributed by atoms with Gasteiger partial charge in [-0.05, 0) is 23.8 Å². The fraction of sp³-hybridized carbons (Fsp3) is 0.100. The number of allylic oxidation sites excluding steroid dienone is 3. The third-order valence-electron chi connectivity index (χ3n) is 3.46. The van der Waals surface area contributed by atoms with Crippen LogP contribution < -0.4 is 9.47 Å². The summed E-state index contributed by atoms with van der Waals surface area (Å²) in [4.78, 5) is 0. The molecule has 2 rings (SSSR count). The van der Waals surface area contributed by atoms with Crippen LogP contribution in [0.2, 0.25) is 0 Å². The first-order chi connectivity index (χ1) is 11.7. The SMILES string of the molecule is COc1ccc(C(/C=C/c2ccccc2OC)=C(C#N)C#N)cc1. The summed E-state index contributed by atoms with van der Waals surface area (Å²) in [5.41, 5.74) is 2.22. The molecule has 0 heterocycles. The molecule has 0 amide bonds. The Morgan fingerprint density at radius 2 is 1.58 bits per heavy atom. The van der Waals surface area contributed by atoms with Gasteiger partial charge in [0.1, 0.15) is 29.2 Å². The van der Waals surface area contributed by atoms with Gasteiger partial charge in [-0.1, -0.05) is 42.5 Å². The van der Waals surface area contributed by atoms with Crippen LogP contribution in [0.5, 0.6) is 11.5 Å². The number of para-hydroxylation sites is 1. The topological polar surface area (TPSA) is 66.0 Å². The number of nitrogens with zero attached hydrogens (tertiary/aromatic N) is 2. The summed E-state index contributed by atoms with van der Waals surface area (Å²) < 4.78 is 10.5. The minimum atomic E-state index is 0.0475. The number of methoxy groups -OCH3 is 2. The predicted octanol–water partition coefficient (Wildman–Crippen LogP) is 4.22. The van der Waals surface area contributed by atoms with Gasteiger partial charge in [-0.2, -0.15) is 10.5 Å². The molecule has 0 atom stereocenters. The van der Waals surface area contributed by atoms with E-state index in [1.54, 1.807) is 32.4 Å². The Morgan fingerprint density at radius 1 is 0.917 bits per heavy atom. The van der Waals surface area contributed by atoms with Gasteiger partial charge >= 0.3 is 0 Å². The van der Waals surface area contributed by atoms with Crippen LogP contribution in [0.4, 0.5) is 0 Å². The predicted molar refractivity (Wildman–Crippen MR) is 93.2 cm³/mol. The van der Waals surface area contributed by atoms with E-state index in [4.69, 9.17) is 9.47 Å². The molecule has 0 aliphatic heterocycles. The summed E-state index contributed by atoms with van der Waals surface area (Å²) in [7, 11) is 3.19. The number of hydrogen-bond acceptors (Lipinski definition) is 4. The summed E-state index contributed by atoms with van der Waals surface area (Å²) in [6.07, 6.45) is 3.58. The first-order valence-corrected chi connectivity index (χ1v) is 7.23. The fourth-order valence-electron chi connectivity index (χ4n) is 2.22. The quantitative estimate of drug-likeness (QED) is 0.612. The third-order valence-corrected chi connectivity index (χ3v) is 3.46. The van der Waals surface area contributed by atoms with Crippen molar-refractivity contribution in [3.8, 4) is 23.6 Å². The van der Waals surface area contributed by atoms with Gasteiger partial charge < -0.3 is 9.47 Å². The highest BCUT2D eigenvalue weighted by molar-refractivity contribution is 5.85. The number of hydrogen-bond donors (Lipinski definition) is 0. The van der Waals surface area contributed by atoms with Crippen LogP contribution >= 0.6 is 0 Å². The molecule has 24 heavy (non-hydrogen) atoms. The molecule has 4 nitrogen and oxygen atoms in total. The molecular weight excluding hydrogens is 300 g/mol. The van der Waals surface area contributed by atoms with Gasteiger partial charge in [0.15, 0.2) is 0 Å². The lowest BCUT2D eigenvalue weighted by molar-refractivity contribution is 0.414. The first kappa shape index (κ1) is 16.9. The fourth-order valence-corrected chi connectivity index (χ4v) is 2.22. The maximum absolute atomic E-state index is 9.24. The highest BCUT2D eigenvalue weighted by Crippen LogP contribution is 2.25. The molecular formula is C20H16N2O2. The van der Waals surface area contributed by atoms with Crippen molar-refractivity contribution in [3.63, 3.8) is 0 Å². The van der Waals surface area contributed by atoms with E-state index in [0.717, 1.165) is 16.9 Å². The van der Waals surface area contributed by atoms with Crippen LogP contribution in [-0.4, -0.2) is 14.2 Å². The summed E-state index contributed by atoms with van der Waals surface area (Å²) in [5.74, 6) is 1.43. The van der Waals surface area contributed by atoms with E-state index < -0.39 is 0 Å². The van der Waals surface area contributed by atoms with Crippen molar-refractivity contribution < 1.29 is 9.47 Å². The molecule has 0 aromatic heterocycles. The molecule has 0 bridgehead atoms. The van der Waals surface area contributed by atoms with Gasteiger partial charge in [-0.25, -0.2) is 0 Å². The van der Waals surface area contributed by atoms with Gasteiger partial charge in [0.25, 0.3) is 0 Å². The lowest BCUT2D eigenvalue weighted by atomic mass is 9.99. The monoisotopic (exact) mass is 316 g/mol. The Hall–Kier alpha value is -3.50. The van der Waals surface area contributed by atoms with Gasteiger partial charge in [0.05, 0.1) is 14.2 Å². The lowest BCUT2D eigenvalue weighted by Gasteiger charge is -2.06. The molecule has 2 aromatic rings. The minimum Gasteiger partial charge on any atom is -0.497 e. The lowest BCUT2D eigenvalue weighted by Crippen LogP contribution is -1.89. The molecule has 0 fully saturated rings. The summed E-state index contributed by atoms with van der Waals surface area (Å²) in [6.45, 7) is 0. The van der Waals surface area contributed by atoms with E-state index in [-0.39, 0.29) is 5.57 Å². The van der Waals surface area contributed by atoms with Crippen LogP contribution in [0.25, 0.3) is 11.6 Å². The molecule has 0 spiro atoms. The Kier molecular flexibility index (Phi) is 5.77. The Morgan fingerprint density at radius 3 is 2.17 bits per heavy atom. The molecule has 0 aliphatic rings. The number of ether oxygens (including phenoxy) is 2. The van der Waals surface area contributed by atoms with E-state index in [9.17, 15) is 10.5 Å². The number of benzene rings is 2. The summed E-state index contributed by atoms with van der Waals surface area (Å²) >= 11 is 0. The van der Waals surface area contributed by atoms with Crippen molar-refractivity contribution in [2.75, 3.05) is 14.2 Å². The van der Waals surface area contributed by atoms with Crippen molar-refractivity contribution >= 4 is 11.6 Å². The van der Waals surface area contributed by atoms with Crippen LogP contribution in [0, 0.1) is 22.7 Å². The average molecular weight is 316 g/mol. The maximum atomic E-state index is 9.24. The molecule has 0 unspecified atom stereocenters. The first-order valence-electron chi connectivity index (χ1n) is 7.23. The smallest absolute Gasteiger partial charge is 0.137 e. The second kappa shape index (κ2) is 8.22. The van der Waals surface area contributed by atoms with E-state index in [1.807, 2.05) is 54.6 Å². The standard InChI is InChI=1S/C20H16N2O2/c1-23-18-10-7-15(8-11-18)19(17(13-21)14-22)12-9-16-5-3-4-6-20(16)24-2/h3-12H,1-2H3/b12-9+. The Labute approximate surface area is 141 Å². The normalized spacial score (nSPS) is 9.83. The molecule has 4 heteroatoms. The zero-order chi connectivity index (χ0) is 17.4. The minimum absolute atomic E-state index is 0.0475. The highest BCUT2D eigenvalue weighted by atomic mass is 16.5. The van der Waals surface area contributed by atoms with E-state index in [1.165, 1.54) is 0 Å². The van der Waals surface area contributed by atoms with Gasteiger partial charge in [0, 0.05) is 11.1 Å². The van der Waals surface area contributed by atoms with Gasteiger partial charge in [-0.15, -0.1) is 0 Å². The molecule has 0 N–H and O–H groups in total. The summed E-state index contributed by atoms with van der Waals surface area (Å²) in [5, 5.41) is 18.5. The number of rotatable bonds is 5. The largest absolute Gasteiger partial charge is 0.497 e. The van der Waals surface area contributed by atoms with Gasteiger partial charge in [-0.3, -0.25) is 0 Å². The van der Waals surface area contributed by atoms with Crippen molar-refractivity contribution in [2.45, 2.75) is 0 Å². The summed E-state index contributed by atoms with van der Waals surface area (Å²) in [6, 6.07) is 18.6. The Bertz CT molecular complexity index is 834. The van der Waals surface area contributed by atoms with Crippen LogP contribution in [0.15, 0.2) is 60.2 Å². The van der Waals surface area contributed by atoms with Crippen molar-refractivity contribution in [2.24, 2.45) is 0 Å². The van der Waals surface area contributed by atoms with Gasteiger partial charge in [0.2, 0.25) is 0 Å². The second-order valence-electron chi connectivity index (χ2n) is 4.82. The van der Waals surface area contributed by atoms with E-state index in [0.29, 0.717) is 11.3 Å². The maximum Gasteiger partial charge on any atom is 0.137 e. The average Bonchev–Trinajstić information content (AvgIpc) is 2.65. The zero-order valence-corrected chi connectivity index (χ0v) is 13.5. The second-order valence-corrected chi connectivity index (χ2v) is 4.82. The van der Waals surface area contributed by atoms with Crippen molar-refractivity contribution in [1.82, 2.24) is 0 Å². The highest BCUT2D eigenvalue weighted by Gasteiger charge is 2.07. The molecule has 0 aliphatic carbocycles. The number of nitriles is 2. The van der Waals surface area contributed by atoms with Crippen molar-refractivity contribution in [3.05, 3.63) is 71.3 Å². The van der Waals surface area contributed by atoms with Crippen molar-refractivity contribution in [1.29, 1.82) is 10.5 Å². The Balaban J connectivity index is 2.49.